The van der Waals surface area contributed by atoms with Gasteiger partial charge in [0.2, 0.25) is 0 Å². The van der Waals surface area contributed by atoms with Crippen molar-refractivity contribution in [3.05, 3.63) is 0 Å². The van der Waals surface area contributed by atoms with Crippen LogP contribution in [0.2, 0.25) is 0 Å². The van der Waals surface area contributed by atoms with E-state index in [1.54, 1.807) is 0 Å². The third-order valence-electron chi connectivity index (χ3n) is 6.20. The Labute approximate surface area is 131 Å². The van der Waals surface area contributed by atoms with Crippen LogP contribution in [0.25, 0.3) is 0 Å². The monoisotopic (exact) mass is 296 g/mol. The third-order valence-corrected chi connectivity index (χ3v) is 6.20. The number of nitrogens with zero attached hydrogens (tertiary/aromatic N) is 1. The molecule has 0 aromatic heterocycles. The topological polar surface area (TPSA) is 38.5 Å². The SMILES string of the molecule is COC1CCN(C2(CN)CCCC(C(C)(C)C)CC2)CC1. The lowest BCUT2D eigenvalue weighted by Crippen LogP contribution is -2.56. The average Bonchev–Trinajstić information content (AvgIpc) is 2.70. The largest absolute Gasteiger partial charge is 0.381 e. The zero-order valence-corrected chi connectivity index (χ0v) is 14.7. The van der Waals surface area contributed by atoms with Gasteiger partial charge in [-0.2, -0.15) is 0 Å². The molecule has 1 aliphatic carbocycles. The molecule has 21 heavy (non-hydrogen) atoms. The molecular weight excluding hydrogens is 260 g/mol. The highest BCUT2D eigenvalue weighted by molar-refractivity contribution is 4.97. The zero-order valence-electron chi connectivity index (χ0n) is 14.7. The minimum atomic E-state index is 0.263. The van der Waals surface area contributed by atoms with Gasteiger partial charge in [0.05, 0.1) is 6.10 Å². The van der Waals surface area contributed by atoms with Crippen LogP contribution in [0.5, 0.6) is 0 Å². The standard InChI is InChI=1S/C18H36N2O/c1-17(2,3)15-6-5-10-18(14-19,11-7-15)20-12-8-16(21-4)9-13-20/h15-16H,5-14,19H2,1-4H3. The fourth-order valence-corrected chi connectivity index (χ4v) is 4.47. The van der Waals surface area contributed by atoms with Crippen LogP contribution in [0.15, 0.2) is 0 Å². The lowest BCUT2D eigenvalue weighted by Gasteiger charge is -2.46. The van der Waals surface area contributed by atoms with Crippen LogP contribution < -0.4 is 5.73 Å². The van der Waals surface area contributed by atoms with E-state index in [2.05, 4.69) is 25.7 Å². The number of ether oxygens (including phenoxy) is 1. The number of rotatable bonds is 3. The van der Waals surface area contributed by atoms with E-state index in [9.17, 15) is 0 Å². The van der Waals surface area contributed by atoms with E-state index >= 15 is 0 Å². The molecule has 1 heterocycles. The summed E-state index contributed by atoms with van der Waals surface area (Å²) in [4.78, 5) is 2.70. The summed E-state index contributed by atoms with van der Waals surface area (Å²) >= 11 is 0. The fourth-order valence-electron chi connectivity index (χ4n) is 4.47. The van der Waals surface area contributed by atoms with E-state index in [1.807, 2.05) is 7.11 Å². The molecule has 3 heteroatoms. The molecular formula is C18H36N2O. The molecule has 2 N–H and O–H groups in total. The Morgan fingerprint density at radius 2 is 1.76 bits per heavy atom. The first kappa shape index (κ1) is 17.2. The maximum Gasteiger partial charge on any atom is 0.0595 e. The maximum absolute atomic E-state index is 6.29. The first-order valence-electron chi connectivity index (χ1n) is 8.89. The Kier molecular flexibility index (Phi) is 5.72. The number of piperidine rings is 1. The van der Waals surface area contributed by atoms with E-state index in [4.69, 9.17) is 10.5 Å². The van der Waals surface area contributed by atoms with Crippen molar-refractivity contribution in [2.45, 2.75) is 77.4 Å². The lowest BCUT2D eigenvalue weighted by molar-refractivity contribution is -0.00860. The van der Waals surface area contributed by atoms with Gasteiger partial charge in [-0.3, -0.25) is 4.90 Å². The van der Waals surface area contributed by atoms with Gasteiger partial charge in [-0.1, -0.05) is 27.2 Å². The number of hydrogen-bond acceptors (Lipinski definition) is 3. The maximum atomic E-state index is 6.29. The van der Waals surface area contributed by atoms with Crippen LogP contribution in [-0.4, -0.2) is 43.3 Å². The summed E-state index contributed by atoms with van der Waals surface area (Å²) in [5.74, 6) is 0.849. The second kappa shape index (κ2) is 6.97. The molecule has 0 bridgehead atoms. The molecule has 2 aliphatic rings. The van der Waals surface area contributed by atoms with Gasteiger partial charge in [0.15, 0.2) is 0 Å². The van der Waals surface area contributed by atoms with Crippen LogP contribution in [0, 0.1) is 11.3 Å². The Hall–Kier alpha value is -0.120. The number of likely N-dealkylation sites (tertiary alicyclic amines) is 1. The smallest absolute Gasteiger partial charge is 0.0595 e. The Balaban J connectivity index is 2.01. The first-order valence-corrected chi connectivity index (χ1v) is 8.89. The number of nitrogens with two attached hydrogens (primary N) is 1. The van der Waals surface area contributed by atoms with Crippen molar-refractivity contribution in [2.24, 2.45) is 17.1 Å². The highest BCUT2D eigenvalue weighted by atomic mass is 16.5. The summed E-state index contributed by atoms with van der Waals surface area (Å²) in [6, 6.07) is 0. The fraction of sp³-hybridized carbons (Fsp3) is 1.00. The minimum absolute atomic E-state index is 0.263. The van der Waals surface area contributed by atoms with Crippen LogP contribution in [0.3, 0.4) is 0 Å². The van der Waals surface area contributed by atoms with E-state index in [0.717, 1.165) is 25.6 Å². The van der Waals surface area contributed by atoms with Crippen molar-refractivity contribution < 1.29 is 4.74 Å². The average molecular weight is 296 g/mol. The summed E-state index contributed by atoms with van der Waals surface area (Å²) in [5, 5.41) is 0. The third kappa shape index (κ3) is 4.00. The summed E-state index contributed by atoms with van der Waals surface area (Å²) in [6.07, 6.45) is 9.41. The quantitative estimate of drug-likeness (QED) is 0.811. The molecule has 0 amide bonds. The molecule has 1 aliphatic heterocycles. The van der Waals surface area contributed by atoms with Crippen LogP contribution >= 0.6 is 0 Å². The van der Waals surface area contributed by atoms with Gasteiger partial charge in [0.1, 0.15) is 0 Å². The molecule has 124 valence electrons. The molecule has 0 aromatic carbocycles. The van der Waals surface area contributed by atoms with Gasteiger partial charge in [0, 0.05) is 32.3 Å². The Bertz CT molecular complexity index is 318. The molecule has 3 nitrogen and oxygen atoms in total. The van der Waals surface area contributed by atoms with Gasteiger partial charge in [-0.25, -0.2) is 0 Å². The molecule has 2 unspecified atom stereocenters. The molecule has 0 spiro atoms. The van der Waals surface area contributed by atoms with Crippen molar-refractivity contribution in [2.75, 3.05) is 26.7 Å². The van der Waals surface area contributed by atoms with E-state index in [0.29, 0.717) is 11.5 Å². The van der Waals surface area contributed by atoms with Crippen LogP contribution in [0.1, 0.15) is 65.7 Å². The van der Waals surface area contributed by atoms with Gasteiger partial charge in [0.25, 0.3) is 0 Å². The van der Waals surface area contributed by atoms with Crippen molar-refractivity contribution in [1.82, 2.24) is 4.90 Å². The van der Waals surface area contributed by atoms with Crippen molar-refractivity contribution >= 4 is 0 Å². The van der Waals surface area contributed by atoms with E-state index in [1.165, 1.54) is 44.9 Å². The predicted molar refractivity (Wildman–Crippen MR) is 89.4 cm³/mol. The Morgan fingerprint density at radius 1 is 1.10 bits per heavy atom. The highest BCUT2D eigenvalue weighted by Crippen LogP contribution is 2.42. The molecule has 1 saturated heterocycles. The summed E-state index contributed by atoms with van der Waals surface area (Å²) in [6.45, 7) is 10.3. The van der Waals surface area contributed by atoms with Gasteiger partial charge in [-0.05, 0) is 49.9 Å². The van der Waals surface area contributed by atoms with Crippen LogP contribution in [0.4, 0.5) is 0 Å². The van der Waals surface area contributed by atoms with Crippen molar-refractivity contribution in [3.63, 3.8) is 0 Å². The Morgan fingerprint density at radius 3 is 2.29 bits per heavy atom. The zero-order chi connectivity index (χ0) is 15.5. The predicted octanol–water partition coefficient (Wildman–Crippen LogP) is 3.42. The van der Waals surface area contributed by atoms with Crippen molar-refractivity contribution in [3.8, 4) is 0 Å². The molecule has 2 atom stereocenters. The van der Waals surface area contributed by atoms with Gasteiger partial charge < -0.3 is 10.5 Å². The van der Waals surface area contributed by atoms with Gasteiger partial charge in [-0.15, -0.1) is 0 Å². The minimum Gasteiger partial charge on any atom is -0.381 e. The number of hydrogen-bond donors (Lipinski definition) is 1. The van der Waals surface area contributed by atoms with E-state index in [-0.39, 0.29) is 5.54 Å². The van der Waals surface area contributed by atoms with Crippen LogP contribution in [-0.2, 0) is 4.74 Å². The normalized spacial score (nSPS) is 33.9. The molecule has 0 aromatic rings. The summed E-state index contributed by atoms with van der Waals surface area (Å²) in [5.41, 5.74) is 6.99. The summed E-state index contributed by atoms with van der Waals surface area (Å²) in [7, 11) is 1.85. The molecule has 0 radical (unpaired) electrons. The van der Waals surface area contributed by atoms with Crippen molar-refractivity contribution in [1.29, 1.82) is 0 Å². The summed E-state index contributed by atoms with van der Waals surface area (Å²) < 4.78 is 5.52. The highest BCUT2D eigenvalue weighted by Gasteiger charge is 2.40. The lowest BCUT2D eigenvalue weighted by atomic mass is 9.76. The second-order valence-electron chi connectivity index (χ2n) is 8.34. The van der Waals surface area contributed by atoms with E-state index < -0.39 is 0 Å². The second-order valence-corrected chi connectivity index (χ2v) is 8.34. The first-order chi connectivity index (χ1) is 9.91. The molecule has 1 saturated carbocycles. The number of methoxy groups -OCH3 is 1. The molecule has 2 rings (SSSR count). The molecule has 2 fully saturated rings. The van der Waals surface area contributed by atoms with Gasteiger partial charge >= 0.3 is 0 Å².